The molecule has 2 aromatic heterocycles. The molecule has 0 unspecified atom stereocenters. The van der Waals surface area contributed by atoms with Gasteiger partial charge >= 0.3 is 0 Å². The van der Waals surface area contributed by atoms with Crippen molar-refractivity contribution >= 4 is 21.6 Å². The fourth-order valence-corrected chi connectivity index (χ4v) is 1.97. The van der Waals surface area contributed by atoms with Gasteiger partial charge in [-0.05, 0) is 35.8 Å². The molecule has 0 saturated heterocycles. The summed E-state index contributed by atoms with van der Waals surface area (Å²) in [5, 5.41) is 7.25. The highest BCUT2D eigenvalue weighted by atomic mass is 79.9. The molecule has 2 rings (SSSR count). The number of hydrogen-bond acceptors (Lipinski definition) is 5. The van der Waals surface area contributed by atoms with Gasteiger partial charge in [-0.1, -0.05) is 0 Å². The molecule has 0 fully saturated rings. The van der Waals surface area contributed by atoms with E-state index in [0.29, 0.717) is 16.7 Å². The minimum absolute atomic E-state index is 0.0275. The molecule has 0 bridgehead atoms. The maximum Gasteiger partial charge on any atom is 0.283 e. The van der Waals surface area contributed by atoms with Crippen LogP contribution < -0.4 is 10.9 Å². The molecule has 6 nitrogen and oxygen atoms in total. The Hall–Kier alpha value is -1.76. The van der Waals surface area contributed by atoms with Crippen LogP contribution in [0.15, 0.2) is 34.1 Å². The molecule has 0 radical (unpaired) electrons. The number of nitrogens with zero attached hydrogens (tertiary/aromatic N) is 4. The largest absolute Gasteiger partial charge is 0.377 e. The Labute approximate surface area is 119 Å². The van der Waals surface area contributed by atoms with Gasteiger partial charge in [0.15, 0.2) is 0 Å². The van der Waals surface area contributed by atoms with Gasteiger partial charge in [0.1, 0.15) is 10.8 Å². The fraction of sp³-hybridized carbons (Fsp3) is 0.333. The van der Waals surface area contributed by atoms with Gasteiger partial charge in [0, 0.05) is 6.20 Å². The Balaban J connectivity index is 2.18. The molecule has 1 N–H and O–H groups in total. The Kier molecular flexibility index (Phi) is 4.26. The predicted octanol–water partition coefficient (Wildman–Crippen LogP) is 1.99. The van der Waals surface area contributed by atoms with Crippen molar-refractivity contribution in [1.82, 2.24) is 19.7 Å². The molecule has 7 heteroatoms. The van der Waals surface area contributed by atoms with E-state index >= 15 is 0 Å². The van der Waals surface area contributed by atoms with E-state index in [9.17, 15) is 4.79 Å². The summed E-state index contributed by atoms with van der Waals surface area (Å²) in [4.78, 5) is 20.0. The average Bonchev–Trinajstić information content (AvgIpc) is 2.41. The maximum atomic E-state index is 12.0. The summed E-state index contributed by atoms with van der Waals surface area (Å²) in [6.45, 7) is 4.33. The summed E-state index contributed by atoms with van der Waals surface area (Å²) in [5.41, 5.74) is 1.35. The quantitative estimate of drug-likeness (QED) is 0.931. The van der Waals surface area contributed by atoms with Crippen LogP contribution in [0.5, 0.6) is 0 Å². The standard InChI is InChI=1S/C12H14BrN5O/c1-8(2)18-12(19)11(13)10(6-17-18)15-5-9-3-4-14-7-16-9/h3-4,6-8,15H,5H2,1-2H3. The van der Waals surface area contributed by atoms with Gasteiger partial charge in [-0.25, -0.2) is 14.6 Å². The number of rotatable bonds is 4. The van der Waals surface area contributed by atoms with Crippen molar-refractivity contribution < 1.29 is 0 Å². The highest BCUT2D eigenvalue weighted by Gasteiger charge is 2.10. The van der Waals surface area contributed by atoms with Crippen molar-refractivity contribution in [1.29, 1.82) is 0 Å². The van der Waals surface area contributed by atoms with E-state index in [1.165, 1.54) is 11.0 Å². The van der Waals surface area contributed by atoms with Gasteiger partial charge in [-0.15, -0.1) is 0 Å². The van der Waals surface area contributed by atoms with E-state index in [1.54, 1.807) is 12.4 Å². The van der Waals surface area contributed by atoms with Gasteiger partial charge in [-0.2, -0.15) is 5.10 Å². The lowest BCUT2D eigenvalue weighted by atomic mass is 10.3. The lowest BCUT2D eigenvalue weighted by Crippen LogP contribution is -2.26. The van der Waals surface area contributed by atoms with Crippen LogP contribution in [-0.4, -0.2) is 19.7 Å². The van der Waals surface area contributed by atoms with E-state index in [0.717, 1.165) is 5.69 Å². The summed E-state index contributed by atoms with van der Waals surface area (Å²) in [6.07, 6.45) is 4.79. The summed E-state index contributed by atoms with van der Waals surface area (Å²) < 4.78 is 1.91. The molecule has 0 saturated carbocycles. The molecule has 100 valence electrons. The zero-order chi connectivity index (χ0) is 13.8. The van der Waals surface area contributed by atoms with E-state index < -0.39 is 0 Å². The average molecular weight is 324 g/mol. The highest BCUT2D eigenvalue weighted by Crippen LogP contribution is 2.17. The number of hydrogen-bond donors (Lipinski definition) is 1. The van der Waals surface area contributed by atoms with Crippen molar-refractivity contribution in [2.75, 3.05) is 5.32 Å². The van der Waals surface area contributed by atoms with Crippen LogP contribution in [0.1, 0.15) is 25.6 Å². The molecule has 0 aromatic carbocycles. The van der Waals surface area contributed by atoms with E-state index in [1.807, 2.05) is 19.9 Å². The van der Waals surface area contributed by atoms with Gasteiger partial charge in [0.05, 0.1) is 30.2 Å². The van der Waals surface area contributed by atoms with Crippen LogP contribution >= 0.6 is 15.9 Å². The Morgan fingerprint density at radius 1 is 1.47 bits per heavy atom. The van der Waals surface area contributed by atoms with Crippen molar-refractivity contribution in [2.24, 2.45) is 0 Å². The molecule has 0 aliphatic heterocycles. The van der Waals surface area contributed by atoms with Crippen molar-refractivity contribution in [3.63, 3.8) is 0 Å². The smallest absolute Gasteiger partial charge is 0.283 e. The van der Waals surface area contributed by atoms with Crippen LogP contribution in [0.3, 0.4) is 0 Å². The first-order valence-electron chi connectivity index (χ1n) is 5.85. The third kappa shape index (κ3) is 3.17. The van der Waals surface area contributed by atoms with Crippen molar-refractivity contribution in [3.05, 3.63) is 45.3 Å². The maximum absolute atomic E-state index is 12.0. The molecule has 2 heterocycles. The molecule has 19 heavy (non-hydrogen) atoms. The Morgan fingerprint density at radius 3 is 2.89 bits per heavy atom. The van der Waals surface area contributed by atoms with Crippen molar-refractivity contribution in [3.8, 4) is 0 Å². The third-order valence-corrected chi connectivity index (χ3v) is 3.30. The molecule has 0 atom stereocenters. The Morgan fingerprint density at radius 2 is 2.26 bits per heavy atom. The number of nitrogens with one attached hydrogen (secondary N) is 1. The topological polar surface area (TPSA) is 72.7 Å². The van der Waals surface area contributed by atoms with Crippen LogP contribution in [0.25, 0.3) is 0 Å². The lowest BCUT2D eigenvalue weighted by molar-refractivity contribution is 0.501. The summed E-state index contributed by atoms with van der Waals surface area (Å²) in [6, 6.07) is 1.84. The SMILES string of the molecule is CC(C)n1ncc(NCc2ccncn2)c(Br)c1=O. The zero-order valence-electron chi connectivity index (χ0n) is 10.7. The minimum Gasteiger partial charge on any atom is -0.377 e. The Bertz CT molecular complexity index is 611. The first kappa shape index (κ1) is 13.7. The third-order valence-electron chi connectivity index (χ3n) is 2.54. The molecule has 2 aromatic rings. The molecule has 0 aliphatic carbocycles. The van der Waals surface area contributed by atoms with E-state index in [-0.39, 0.29) is 11.6 Å². The van der Waals surface area contributed by atoms with Gasteiger partial charge in [-0.3, -0.25) is 4.79 Å². The zero-order valence-corrected chi connectivity index (χ0v) is 12.3. The number of aromatic nitrogens is 4. The van der Waals surface area contributed by atoms with Gasteiger partial charge in [0.25, 0.3) is 5.56 Å². The minimum atomic E-state index is -0.150. The van der Waals surface area contributed by atoms with Gasteiger partial charge < -0.3 is 5.32 Å². The lowest BCUT2D eigenvalue weighted by Gasteiger charge is -2.12. The normalized spacial score (nSPS) is 10.7. The predicted molar refractivity (Wildman–Crippen MR) is 75.9 cm³/mol. The first-order chi connectivity index (χ1) is 9.09. The van der Waals surface area contributed by atoms with E-state index in [4.69, 9.17) is 0 Å². The van der Waals surface area contributed by atoms with E-state index in [2.05, 4.69) is 36.3 Å². The molecular weight excluding hydrogens is 310 g/mol. The van der Waals surface area contributed by atoms with Crippen molar-refractivity contribution in [2.45, 2.75) is 26.4 Å². The van der Waals surface area contributed by atoms with Crippen LogP contribution in [0.2, 0.25) is 0 Å². The molecule has 0 amide bonds. The van der Waals surface area contributed by atoms with Crippen LogP contribution in [0.4, 0.5) is 5.69 Å². The summed E-state index contributed by atoms with van der Waals surface area (Å²) in [7, 11) is 0. The highest BCUT2D eigenvalue weighted by molar-refractivity contribution is 9.10. The second kappa shape index (κ2) is 5.92. The van der Waals surface area contributed by atoms with Gasteiger partial charge in [0.2, 0.25) is 0 Å². The molecule has 0 spiro atoms. The number of anilines is 1. The molecular formula is C12H14BrN5O. The number of halogens is 1. The fourth-order valence-electron chi connectivity index (χ4n) is 1.54. The van der Waals surface area contributed by atoms with Crippen LogP contribution in [0, 0.1) is 0 Å². The second-order valence-electron chi connectivity index (χ2n) is 4.27. The summed E-state index contributed by atoms with van der Waals surface area (Å²) >= 11 is 3.30. The molecule has 0 aliphatic rings. The summed E-state index contributed by atoms with van der Waals surface area (Å²) in [5.74, 6) is 0. The van der Waals surface area contributed by atoms with Crippen LogP contribution in [-0.2, 0) is 6.54 Å². The first-order valence-corrected chi connectivity index (χ1v) is 6.65. The monoisotopic (exact) mass is 323 g/mol. The second-order valence-corrected chi connectivity index (χ2v) is 5.06.